The molecule has 3 aromatic carbocycles. The molecule has 1 amide bonds. The molecule has 0 aliphatic carbocycles. The normalized spacial score (nSPS) is 10.6. The zero-order valence-electron chi connectivity index (χ0n) is 14.7. The fourth-order valence-electron chi connectivity index (χ4n) is 2.78. The molecule has 0 saturated heterocycles. The summed E-state index contributed by atoms with van der Waals surface area (Å²) in [7, 11) is 0. The number of rotatable bonds is 4. The molecule has 0 fully saturated rings. The monoisotopic (exact) mass is 355 g/mol. The molecular weight excluding hydrogens is 338 g/mol. The van der Waals surface area contributed by atoms with Crippen LogP contribution in [0.3, 0.4) is 0 Å². The topological polar surface area (TPSA) is 68.0 Å². The molecule has 0 saturated carbocycles. The van der Waals surface area contributed by atoms with Gasteiger partial charge in [-0.3, -0.25) is 4.79 Å². The van der Waals surface area contributed by atoms with Crippen LogP contribution in [0.4, 0.5) is 5.69 Å². The van der Waals surface area contributed by atoms with E-state index in [1.165, 1.54) is 0 Å². The number of carbonyl (C=O) groups excluding carboxylic acids is 1. The van der Waals surface area contributed by atoms with Gasteiger partial charge in [-0.2, -0.15) is 4.98 Å². The second kappa shape index (κ2) is 7.25. The van der Waals surface area contributed by atoms with E-state index in [1.54, 1.807) is 13.0 Å². The molecule has 0 aliphatic rings. The maximum atomic E-state index is 12.6. The Balaban J connectivity index is 1.51. The second-order valence-electron chi connectivity index (χ2n) is 6.13. The molecule has 1 heterocycles. The lowest BCUT2D eigenvalue weighted by molar-refractivity contribution is 0.102. The van der Waals surface area contributed by atoms with Gasteiger partial charge in [0, 0.05) is 16.8 Å². The molecule has 132 valence electrons. The minimum atomic E-state index is -0.158. The van der Waals surface area contributed by atoms with Crippen molar-refractivity contribution < 1.29 is 9.32 Å². The van der Waals surface area contributed by atoms with E-state index < -0.39 is 0 Å². The summed E-state index contributed by atoms with van der Waals surface area (Å²) < 4.78 is 5.15. The predicted octanol–water partition coefficient (Wildman–Crippen LogP) is 4.96. The Morgan fingerprint density at radius 3 is 2.30 bits per heavy atom. The van der Waals surface area contributed by atoms with Gasteiger partial charge in [0.25, 0.3) is 11.8 Å². The lowest BCUT2D eigenvalue weighted by atomic mass is 10.0. The Morgan fingerprint density at radius 1 is 0.852 bits per heavy atom. The van der Waals surface area contributed by atoms with Gasteiger partial charge in [-0.1, -0.05) is 47.6 Å². The summed E-state index contributed by atoms with van der Waals surface area (Å²) in [5.74, 6) is 0.885. The Bertz CT molecular complexity index is 1070. The third-order valence-corrected chi connectivity index (χ3v) is 4.15. The lowest BCUT2D eigenvalue weighted by Gasteiger charge is -2.08. The Hall–Kier alpha value is -3.73. The Labute approximate surface area is 156 Å². The standard InChI is InChI=1S/C22H17N3O2/c1-15-23-22(27-25-15)17-10-12-20(13-11-17)24-21(26)19-9-5-8-18(14-19)16-6-3-2-4-7-16/h2-14H,1H3,(H,24,26). The minimum absolute atomic E-state index is 0.158. The van der Waals surface area contributed by atoms with Crippen LogP contribution >= 0.6 is 0 Å². The van der Waals surface area contributed by atoms with Gasteiger partial charge < -0.3 is 9.84 Å². The summed E-state index contributed by atoms with van der Waals surface area (Å²) in [6, 6.07) is 24.9. The molecule has 27 heavy (non-hydrogen) atoms. The SMILES string of the molecule is Cc1noc(-c2ccc(NC(=O)c3cccc(-c4ccccc4)c3)cc2)n1. The van der Waals surface area contributed by atoms with E-state index in [2.05, 4.69) is 15.5 Å². The summed E-state index contributed by atoms with van der Waals surface area (Å²) in [5, 5.41) is 6.70. The quantitative estimate of drug-likeness (QED) is 0.561. The fourth-order valence-corrected chi connectivity index (χ4v) is 2.78. The Kier molecular flexibility index (Phi) is 4.49. The minimum Gasteiger partial charge on any atom is -0.334 e. The first-order valence-electron chi connectivity index (χ1n) is 8.57. The van der Waals surface area contributed by atoms with Crippen LogP contribution in [0, 0.1) is 6.92 Å². The molecule has 0 atom stereocenters. The van der Waals surface area contributed by atoms with Gasteiger partial charge in [0.2, 0.25) is 0 Å². The maximum absolute atomic E-state index is 12.6. The molecule has 4 aromatic rings. The average molecular weight is 355 g/mol. The maximum Gasteiger partial charge on any atom is 0.257 e. The highest BCUT2D eigenvalue weighted by molar-refractivity contribution is 6.05. The van der Waals surface area contributed by atoms with Gasteiger partial charge in [-0.25, -0.2) is 0 Å². The summed E-state index contributed by atoms with van der Waals surface area (Å²) in [5.41, 5.74) is 4.19. The van der Waals surface area contributed by atoms with Gasteiger partial charge in [0.1, 0.15) is 0 Å². The number of carbonyl (C=O) groups is 1. The molecule has 5 heteroatoms. The van der Waals surface area contributed by atoms with Gasteiger partial charge in [0.05, 0.1) is 0 Å². The number of nitrogens with one attached hydrogen (secondary N) is 1. The van der Waals surface area contributed by atoms with Crippen LogP contribution in [0.2, 0.25) is 0 Å². The van der Waals surface area contributed by atoms with E-state index in [1.807, 2.05) is 72.8 Å². The average Bonchev–Trinajstić information content (AvgIpc) is 3.16. The highest BCUT2D eigenvalue weighted by atomic mass is 16.5. The fraction of sp³-hybridized carbons (Fsp3) is 0.0455. The number of aryl methyl sites for hydroxylation is 1. The highest BCUT2D eigenvalue weighted by Crippen LogP contribution is 2.22. The molecule has 1 aromatic heterocycles. The van der Waals surface area contributed by atoms with E-state index in [0.29, 0.717) is 23.0 Å². The number of anilines is 1. The van der Waals surface area contributed by atoms with Crippen LogP contribution in [-0.2, 0) is 0 Å². The molecule has 1 N–H and O–H groups in total. The van der Waals surface area contributed by atoms with E-state index in [4.69, 9.17) is 4.52 Å². The van der Waals surface area contributed by atoms with Gasteiger partial charge in [-0.05, 0) is 54.4 Å². The molecule has 5 nitrogen and oxygen atoms in total. The smallest absolute Gasteiger partial charge is 0.257 e. The zero-order valence-corrected chi connectivity index (χ0v) is 14.7. The first-order valence-corrected chi connectivity index (χ1v) is 8.57. The molecule has 0 spiro atoms. The van der Waals surface area contributed by atoms with Gasteiger partial charge in [0.15, 0.2) is 5.82 Å². The highest BCUT2D eigenvalue weighted by Gasteiger charge is 2.09. The van der Waals surface area contributed by atoms with Crippen LogP contribution in [0.5, 0.6) is 0 Å². The zero-order chi connectivity index (χ0) is 18.6. The largest absolute Gasteiger partial charge is 0.334 e. The second-order valence-corrected chi connectivity index (χ2v) is 6.13. The number of nitrogens with zero attached hydrogens (tertiary/aromatic N) is 2. The lowest BCUT2D eigenvalue weighted by Crippen LogP contribution is -2.11. The molecule has 0 bridgehead atoms. The molecular formula is C22H17N3O2. The number of aromatic nitrogens is 2. The van der Waals surface area contributed by atoms with Gasteiger partial charge >= 0.3 is 0 Å². The number of hydrogen-bond acceptors (Lipinski definition) is 4. The van der Waals surface area contributed by atoms with E-state index in [-0.39, 0.29) is 5.91 Å². The van der Waals surface area contributed by atoms with Crippen molar-refractivity contribution in [1.82, 2.24) is 10.1 Å². The number of benzene rings is 3. The van der Waals surface area contributed by atoms with Crippen molar-refractivity contribution in [3.05, 3.63) is 90.3 Å². The van der Waals surface area contributed by atoms with Crippen molar-refractivity contribution in [2.24, 2.45) is 0 Å². The van der Waals surface area contributed by atoms with E-state index >= 15 is 0 Å². The van der Waals surface area contributed by atoms with Crippen LogP contribution in [-0.4, -0.2) is 16.0 Å². The van der Waals surface area contributed by atoms with Crippen LogP contribution in [0.15, 0.2) is 83.4 Å². The molecule has 4 rings (SSSR count). The van der Waals surface area contributed by atoms with Crippen molar-refractivity contribution >= 4 is 11.6 Å². The van der Waals surface area contributed by atoms with Crippen molar-refractivity contribution in [2.75, 3.05) is 5.32 Å². The first-order chi connectivity index (χ1) is 13.2. The summed E-state index contributed by atoms with van der Waals surface area (Å²) >= 11 is 0. The summed E-state index contributed by atoms with van der Waals surface area (Å²) in [6.45, 7) is 1.77. The van der Waals surface area contributed by atoms with E-state index in [9.17, 15) is 4.79 Å². The molecule has 0 aliphatic heterocycles. The van der Waals surface area contributed by atoms with Crippen molar-refractivity contribution in [1.29, 1.82) is 0 Å². The van der Waals surface area contributed by atoms with Crippen molar-refractivity contribution in [3.8, 4) is 22.6 Å². The van der Waals surface area contributed by atoms with Crippen LogP contribution in [0.1, 0.15) is 16.2 Å². The number of amides is 1. The third-order valence-electron chi connectivity index (χ3n) is 4.15. The van der Waals surface area contributed by atoms with Crippen LogP contribution < -0.4 is 5.32 Å². The summed E-state index contributed by atoms with van der Waals surface area (Å²) in [4.78, 5) is 16.8. The van der Waals surface area contributed by atoms with Crippen LogP contribution in [0.25, 0.3) is 22.6 Å². The van der Waals surface area contributed by atoms with Gasteiger partial charge in [-0.15, -0.1) is 0 Å². The van der Waals surface area contributed by atoms with Crippen molar-refractivity contribution in [2.45, 2.75) is 6.92 Å². The predicted molar refractivity (Wildman–Crippen MR) is 104 cm³/mol. The van der Waals surface area contributed by atoms with Crippen molar-refractivity contribution in [3.63, 3.8) is 0 Å². The Morgan fingerprint density at radius 2 is 1.59 bits per heavy atom. The number of hydrogen-bond donors (Lipinski definition) is 1. The van der Waals surface area contributed by atoms with E-state index in [0.717, 1.165) is 16.7 Å². The first kappa shape index (κ1) is 16.7. The third kappa shape index (κ3) is 3.77. The molecule has 0 radical (unpaired) electrons. The summed E-state index contributed by atoms with van der Waals surface area (Å²) in [6.07, 6.45) is 0. The molecule has 0 unspecified atom stereocenters.